The van der Waals surface area contributed by atoms with Gasteiger partial charge in [-0.05, 0) is 118 Å². The smallest absolute Gasteiger partial charge is 0.0461 e. The van der Waals surface area contributed by atoms with Gasteiger partial charge in [0.1, 0.15) is 0 Å². The Bertz CT molecular complexity index is 1660. The molecule has 2 heteroatoms. The lowest BCUT2D eigenvalue weighted by Crippen LogP contribution is -2.14. The van der Waals surface area contributed by atoms with Gasteiger partial charge in [-0.1, -0.05) is 122 Å². The summed E-state index contributed by atoms with van der Waals surface area (Å²) in [6.45, 7) is 13.3. The summed E-state index contributed by atoms with van der Waals surface area (Å²) in [6, 6.07) is 53.8. The Balaban J connectivity index is 1.35. The van der Waals surface area contributed by atoms with E-state index in [1.54, 1.807) is 0 Å². The highest BCUT2D eigenvalue weighted by molar-refractivity contribution is 5.78. The fraction of sp³-hybridized carbons (Fsp3) is 0.217. The van der Waals surface area contributed by atoms with Gasteiger partial charge in [-0.25, -0.2) is 0 Å². The Morgan fingerprint density at radius 3 is 0.833 bits per heavy atom. The number of hydrogen-bond donors (Lipinski definition) is 0. The van der Waals surface area contributed by atoms with Crippen molar-refractivity contribution in [2.24, 2.45) is 5.92 Å². The van der Waals surface area contributed by atoms with Crippen molar-refractivity contribution in [1.82, 2.24) is 0 Å². The van der Waals surface area contributed by atoms with Crippen molar-refractivity contribution in [3.63, 3.8) is 0 Å². The number of hydrogen-bond acceptors (Lipinski definition) is 2. The minimum atomic E-state index is 0.299. The molecule has 0 heterocycles. The molecule has 0 aromatic heterocycles. The Morgan fingerprint density at radius 2 is 0.604 bits per heavy atom. The van der Waals surface area contributed by atoms with Gasteiger partial charge in [0.2, 0.25) is 0 Å². The molecule has 6 aromatic rings. The first-order chi connectivity index (χ1) is 23.3. The standard InChI is InChI=1S/C46H48N2/c1-7-8-37(6)46(38-17-29-44(30-18-38)47(40-21-9-33(2)10-22-40)41-23-11-34(3)12-24-41)39-19-31-45(32-20-39)48(42-25-13-35(4)14-26-42)43-27-15-36(5)16-28-43/h9-32,37,46H,7-8H2,1-6H3. The number of aryl methyl sites for hydroxylation is 4. The summed E-state index contributed by atoms with van der Waals surface area (Å²) >= 11 is 0. The van der Waals surface area contributed by atoms with Crippen molar-refractivity contribution in [2.45, 2.75) is 60.3 Å². The molecule has 0 aliphatic rings. The predicted molar refractivity (Wildman–Crippen MR) is 207 cm³/mol. The zero-order valence-electron chi connectivity index (χ0n) is 29.3. The van der Waals surface area contributed by atoms with Crippen LogP contribution in [-0.4, -0.2) is 0 Å². The molecule has 0 N–H and O–H groups in total. The lowest BCUT2D eigenvalue weighted by molar-refractivity contribution is 0.468. The Hall–Kier alpha value is -5.08. The molecule has 0 saturated carbocycles. The molecule has 0 spiro atoms. The van der Waals surface area contributed by atoms with Crippen LogP contribution in [0.3, 0.4) is 0 Å². The lowest BCUT2D eigenvalue weighted by Gasteiger charge is -2.29. The molecular formula is C46H48N2. The minimum Gasteiger partial charge on any atom is -0.311 e. The first-order valence-corrected chi connectivity index (χ1v) is 17.4. The van der Waals surface area contributed by atoms with Gasteiger partial charge in [-0.2, -0.15) is 0 Å². The number of anilines is 6. The monoisotopic (exact) mass is 628 g/mol. The lowest BCUT2D eigenvalue weighted by atomic mass is 9.79. The molecule has 242 valence electrons. The second-order valence-corrected chi connectivity index (χ2v) is 13.4. The van der Waals surface area contributed by atoms with E-state index in [0.717, 1.165) is 40.5 Å². The van der Waals surface area contributed by atoms with Crippen LogP contribution in [0, 0.1) is 33.6 Å². The maximum Gasteiger partial charge on any atom is 0.0461 e. The second kappa shape index (κ2) is 14.8. The molecule has 0 radical (unpaired) electrons. The summed E-state index contributed by atoms with van der Waals surface area (Å²) in [4.78, 5) is 4.71. The van der Waals surface area contributed by atoms with Crippen LogP contribution in [0.25, 0.3) is 0 Å². The van der Waals surface area contributed by atoms with Crippen molar-refractivity contribution in [3.8, 4) is 0 Å². The molecule has 0 amide bonds. The van der Waals surface area contributed by atoms with Gasteiger partial charge in [0.25, 0.3) is 0 Å². The van der Waals surface area contributed by atoms with Gasteiger partial charge < -0.3 is 9.80 Å². The highest BCUT2D eigenvalue weighted by Gasteiger charge is 2.23. The van der Waals surface area contributed by atoms with E-state index in [4.69, 9.17) is 0 Å². The Morgan fingerprint density at radius 1 is 0.375 bits per heavy atom. The van der Waals surface area contributed by atoms with E-state index in [1.165, 1.54) is 39.8 Å². The van der Waals surface area contributed by atoms with Crippen molar-refractivity contribution in [2.75, 3.05) is 9.80 Å². The summed E-state index contributed by atoms with van der Waals surface area (Å²) in [5.74, 6) is 0.801. The van der Waals surface area contributed by atoms with E-state index in [1.807, 2.05) is 0 Å². The second-order valence-electron chi connectivity index (χ2n) is 13.4. The summed E-state index contributed by atoms with van der Waals surface area (Å²) in [7, 11) is 0. The third-order valence-electron chi connectivity index (χ3n) is 9.50. The topological polar surface area (TPSA) is 6.48 Å². The first-order valence-electron chi connectivity index (χ1n) is 17.4. The van der Waals surface area contributed by atoms with Crippen LogP contribution in [0.4, 0.5) is 34.1 Å². The summed E-state index contributed by atoms with van der Waals surface area (Å²) in [5.41, 5.74) is 14.7. The largest absolute Gasteiger partial charge is 0.311 e. The minimum absolute atomic E-state index is 0.299. The van der Waals surface area contributed by atoms with E-state index in [-0.39, 0.29) is 0 Å². The van der Waals surface area contributed by atoms with Crippen molar-refractivity contribution in [3.05, 3.63) is 179 Å². The zero-order valence-corrected chi connectivity index (χ0v) is 29.3. The molecule has 0 fully saturated rings. The molecule has 2 nitrogen and oxygen atoms in total. The highest BCUT2D eigenvalue weighted by atomic mass is 15.1. The van der Waals surface area contributed by atoms with Gasteiger partial charge >= 0.3 is 0 Å². The van der Waals surface area contributed by atoms with Crippen LogP contribution >= 0.6 is 0 Å². The molecule has 0 aliphatic carbocycles. The normalized spacial score (nSPS) is 11.8. The molecule has 0 aliphatic heterocycles. The van der Waals surface area contributed by atoms with E-state index < -0.39 is 0 Å². The first kappa shape index (κ1) is 32.8. The molecule has 0 bridgehead atoms. The quantitative estimate of drug-likeness (QED) is 0.141. The van der Waals surface area contributed by atoms with Crippen LogP contribution in [0.15, 0.2) is 146 Å². The van der Waals surface area contributed by atoms with Crippen LogP contribution < -0.4 is 9.80 Å². The van der Waals surface area contributed by atoms with Gasteiger partial charge in [0.15, 0.2) is 0 Å². The molecular weight excluding hydrogens is 581 g/mol. The third-order valence-corrected chi connectivity index (χ3v) is 9.50. The van der Waals surface area contributed by atoms with Crippen molar-refractivity contribution < 1.29 is 0 Å². The van der Waals surface area contributed by atoms with Crippen molar-refractivity contribution in [1.29, 1.82) is 0 Å². The van der Waals surface area contributed by atoms with Crippen LogP contribution in [0.5, 0.6) is 0 Å². The SMILES string of the molecule is CCCC(C)C(c1ccc(N(c2ccc(C)cc2)c2ccc(C)cc2)cc1)c1ccc(N(c2ccc(C)cc2)c2ccc(C)cc2)cc1. The van der Waals surface area contributed by atoms with E-state index in [2.05, 4.69) is 197 Å². The fourth-order valence-corrected chi connectivity index (χ4v) is 6.80. The van der Waals surface area contributed by atoms with E-state index >= 15 is 0 Å². The maximum absolute atomic E-state index is 2.41. The highest BCUT2D eigenvalue weighted by Crippen LogP contribution is 2.41. The summed E-state index contributed by atoms with van der Waals surface area (Å²) in [5, 5.41) is 0. The fourth-order valence-electron chi connectivity index (χ4n) is 6.80. The van der Waals surface area contributed by atoms with Crippen LogP contribution in [0.2, 0.25) is 0 Å². The summed E-state index contributed by atoms with van der Waals surface area (Å²) < 4.78 is 0. The van der Waals surface area contributed by atoms with Gasteiger partial charge in [0, 0.05) is 40.0 Å². The van der Waals surface area contributed by atoms with Crippen LogP contribution in [0.1, 0.15) is 66.0 Å². The van der Waals surface area contributed by atoms with Crippen LogP contribution in [-0.2, 0) is 0 Å². The Labute approximate surface area is 288 Å². The van der Waals surface area contributed by atoms with E-state index in [9.17, 15) is 0 Å². The van der Waals surface area contributed by atoms with Gasteiger partial charge in [-0.15, -0.1) is 0 Å². The van der Waals surface area contributed by atoms with Gasteiger partial charge in [-0.3, -0.25) is 0 Å². The predicted octanol–water partition coefficient (Wildman–Crippen LogP) is 13.4. The summed E-state index contributed by atoms with van der Waals surface area (Å²) in [6.07, 6.45) is 2.34. The average Bonchev–Trinajstić information content (AvgIpc) is 3.10. The van der Waals surface area contributed by atoms with Crippen molar-refractivity contribution >= 4 is 34.1 Å². The number of rotatable bonds is 11. The molecule has 6 rings (SSSR count). The van der Waals surface area contributed by atoms with Gasteiger partial charge in [0.05, 0.1) is 0 Å². The molecule has 0 saturated heterocycles. The average molecular weight is 629 g/mol. The number of nitrogens with zero attached hydrogens (tertiary/aromatic N) is 2. The zero-order chi connectivity index (χ0) is 33.6. The van der Waals surface area contributed by atoms with E-state index in [0.29, 0.717) is 11.8 Å². The number of benzene rings is 6. The maximum atomic E-state index is 2.41. The molecule has 6 aromatic carbocycles. The molecule has 1 atom stereocenters. The third kappa shape index (κ3) is 7.39. The molecule has 1 unspecified atom stereocenters. The Kier molecular flexibility index (Phi) is 10.1. The molecule has 48 heavy (non-hydrogen) atoms.